The molecule has 140 valence electrons. The predicted molar refractivity (Wildman–Crippen MR) is 88.6 cm³/mol. The van der Waals surface area contributed by atoms with E-state index in [2.05, 4.69) is 30.4 Å². The van der Waals surface area contributed by atoms with E-state index in [1.807, 2.05) is 7.05 Å². The number of aryl methyl sites for hydroxylation is 1. The van der Waals surface area contributed by atoms with Gasteiger partial charge >= 0.3 is 6.18 Å². The number of rotatable bonds is 3. The van der Waals surface area contributed by atoms with Crippen LogP contribution in [0, 0.1) is 6.92 Å². The van der Waals surface area contributed by atoms with Crippen molar-refractivity contribution in [3.8, 4) is 17.1 Å². The minimum Gasteiger partial charge on any atom is -0.506 e. The molecule has 1 unspecified atom stereocenters. The van der Waals surface area contributed by atoms with Crippen LogP contribution in [0.5, 0.6) is 5.75 Å². The van der Waals surface area contributed by atoms with Crippen molar-refractivity contribution in [2.24, 2.45) is 0 Å². The maximum atomic E-state index is 12.7. The fourth-order valence-electron chi connectivity index (χ4n) is 2.94. The molecule has 1 aliphatic heterocycles. The van der Waals surface area contributed by atoms with Crippen LogP contribution < -0.4 is 5.32 Å². The molecule has 0 saturated carbocycles. The molecule has 3 rings (SSSR count). The van der Waals surface area contributed by atoms with E-state index in [9.17, 15) is 18.3 Å². The zero-order chi connectivity index (χ0) is 18.9. The number of piperidine rings is 1. The van der Waals surface area contributed by atoms with Crippen molar-refractivity contribution in [1.82, 2.24) is 25.1 Å². The number of halogens is 3. The van der Waals surface area contributed by atoms with E-state index in [1.54, 1.807) is 6.92 Å². The molecule has 0 spiro atoms. The Hall–Kier alpha value is -2.49. The molecule has 7 nitrogen and oxygen atoms in total. The number of nitrogens with zero attached hydrogens (tertiary/aromatic N) is 5. The van der Waals surface area contributed by atoms with Crippen LogP contribution in [0.2, 0.25) is 0 Å². The van der Waals surface area contributed by atoms with Gasteiger partial charge in [-0.2, -0.15) is 13.2 Å². The molecule has 0 aliphatic carbocycles. The van der Waals surface area contributed by atoms with Crippen LogP contribution in [-0.2, 0) is 6.18 Å². The highest BCUT2D eigenvalue weighted by atomic mass is 19.4. The molecule has 0 radical (unpaired) electrons. The lowest BCUT2D eigenvalue weighted by molar-refractivity contribution is -0.137. The number of likely N-dealkylation sites (N-methyl/N-ethyl adjacent to an activating group) is 1. The van der Waals surface area contributed by atoms with Crippen molar-refractivity contribution in [2.45, 2.75) is 32.0 Å². The lowest BCUT2D eigenvalue weighted by atomic mass is 10.1. The molecule has 1 atom stereocenters. The largest absolute Gasteiger partial charge is 0.506 e. The zero-order valence-electron chi connectivity index (χ0n) is 14.4. The first kappa shape index (κ1) is 18.3. The third-order valence-electron chi connectivity index (χ3n) is 4.24. The van der Waals surface area contributed by atoms with E-state index < -0.39 is 17.5 Å². The number of pyridine rings is 1. The van der Waals surface area contributed by atoms with E-state index in [0.717, 1.165) is 25.9 Å². The molecule has 26 heavy (non-hydrogen) atoms. The normalized spacial score (nSPS) is 18.7. The van der Waals surface area contributed by atoms with Crippen molar-refractivity contribution in [3.63, 3.8) is 0 Å². The van der Waals surface area contributed by atoms with Gasteiger partial charge in [-0.3, -0.25) is 0 Å². The van der Waals surface area contributed by atoms with Gasteiger partial charge in [-0.05, 0) is 39.4 Å². The van der Waals surface area contributed by atoms with Crippen molar-refractivity contribution in [1.29, 1.82) is 0 Å². The first-order valence-corrected chi connectivity index (χ1v) is 8.17. The molecule has 2 N–H and O–H groups in total. The van der Waals surface area contributed by atoms with Gasteiger partial charge in [0.2, 0.25) is 5.95 Å². The van der Waals surface area contributed by atoms with Crippen LogP contribution >= 0.6 is 0 Å². The molecule has 1 saturated heterocycles. The van der Waals surface area contributed by atoms with Crippen LogP contribution in [0.3, 0.4) is 0 Å². The number of aromatic nitrogens is 4. The minimum absolute atomic E-state index is 0.0838. The molecular formula is C16H19F3N6O. The molecule has 1 aliphatic rings. The SMILES string of the molecule is Cc1nc(NC2CCCN(C)C2)nnc1-c1ncc(C(F)(F)F)cc1O. The Kier molecular flexibility index (Phi) is 4.94. The molecule has 0 aromatic carbocycles. The standard InChI is InChI=1S/C16H19F3N6O/c1-9-13(14-12(26)6-10(7-20-14)16(17,18)19)23-24-15(21-9)22-11-4-3-5-25(2)8-11/h6-7,11,26H,3-5,8H2,1-2H3,(H,21,22,24). The second-order valence-electron chi connectivity index (χ2n) is 6.40. The summed E-state index contributed by atoms with van der Waals surface area (Å²) < 4.78 is 38.0. The van der Waals surface area contributed by atoms with E-state index >= 15 is 0 Å². The summed E-state index contributed by atoms with van der Waals surface area (Å²) in [5, 5.41) is 21.1. The number of aromatic hydroxyl groups is 1. The Balaban J connectivity index is 1.81. The van der Waals surface area contributed by atoms with Gasteiger partial charge in [-0.1, -0.05) is 0 Å². The van der Waals surface area contributed by atoms with Crippen LogP contribution in [0.15, 0.2) is 12.3 Å². The second-order valence-corrected chi connectivity index (χ2v) is 6.40. The van der Waals surface area contributed by atoms with Crippen molar-refractivity contribution in [3.05, 3.63) is 23.5 Å². The van der Waals surface area contributed by atoms with E-state index in [-0.39, 0.29) is 17.4 Å². The van der Waals surface area contributed by atoms with Gasteiger partial charge in [0.15, 0.2) is 0 Å². The number of hydrogen-bond donors (Lipinski definition) is 2. The Morgan fingerprint density at radius 1 is 1.27 bits per heavy atom. The molecule has 2 aromatic rings. The van der Waals surface area contributed by atoms with Crippen LogP contribution in [0.1, 0.15) is 24.1 Å². The van der Waals surface area contributed by atoms with Crippen LogP contribution in [-0.4, -0.2) is 56.4 Å². The number of hydrogen-bond acceptors (Lipinski definition) is 7. The Bertz CT molecular complexity index is 798. The second kappa shape index (κ2) is 7.02. The predicted octanol–water partition coefficient (Wildman–Crippen LogP) is 2.47. The number of likely N-dealkylation sites (tertiary alicyclic amines) is 1. The summed E-state index contributed by atoms with van der Waals surface area (Å²) in [6, 6.07) is 0.825. The Morgan fingerprint density at radius 2 is 2.04 bits per heavy atom. The highest BCUT2D eigenvalue weighted by Crippen LogP contribution is 2.34. The molecule has 0 amide bonds. The van der Waals surface area contributed by atoms with Gasteiger partial charge in [-0.15, -0.1) is 10.2 Å². The molecule has 3 heterocycles. The Morgan fingerprint density at radius 3 is 2.65 bits per heavy atom. The van der Waals surface area contributed by atoms with Gasteiger partial charge in [0.1, 0.15) is 17.1 Å². The van der Waals surface area contributed by atoms with Crippen molar-refractivity contribution < 1.29 is 18.3 Å². The number of nitrogens with one attached hydrogen (secondary N) is 1. The third-order valence-corrected chi connectivity index (χ3v) is 4.24. The lowest BCUT2D eigenvalue weighted by Gasteiger charge is -2.30. The van der Waals surface area contributed by atoms with E-state index in [4.69, 9.17) is 0 Å². The summed E-state index contributed by atoms with van der Waals surface area (Å²) in [5.41, 5.74) is -0.562. The lowest BCUT2D eigenvalue weighted by Crippen LogP contribution is -2.40. The first-order valence-electron chi connectivity index (χ1n) is 8.17. The highest BCUT2D eigenvalue weighted by Gasteiger charge is 2.32. The molecule has 1 fully saturated rings. The highest BCUT2D eigenvalue weighted by molar-refractivity contribution is 5.64. The zero-order valence-corrected chi connectivity index (χ0v) is 14.4. The average Bonchev–Trinajstić information content (AvgIpc) is 2.55. The minimum atomic E-state index is -4.58. The summed E-state index contributed by atoms with van der Waals surface area (Å²) in [6.07, 6.45) is -1.86. The summed E-state index contributed by atoms with van der Waals surface area (Å²) in [6.45, 7) is 3.56. The van der Waals surface area contributed by atoms with Gasteiger partial charge < -0.3 is 15.3 Å². The van der Waals surface area contributed by atoms with E-state index in [0.29, 0.717) is 23.9 Å². The summed E-state index contributed by atoms with van der Waals surface area (Å²) in [4.78, 5) is 10.2. The first-order chi connectivity index (χ1) is 12.2. The van der Waals surface area contributed by atoms with Crippen molar-refractivity contribution >= 4 is 5.95 Å². The monoisotopic (exact) mass is 368 g/mol. The maximum Gasteiger partial charge on any atom is 0.418 e. The number of alkyl halides is 3. The summed E-state index contributed by atoms with van der Waals surface area (Å²) in [5.74, 6) is -0.272. The topological polar surface area (TPSA) is 87.1 Å². The average molecular weight is 368 g/mol. The molecule has 10 heteroatoms. The van der Waals surface area contributed by atoms with Gasteiger partial charge in [-0.25, -0.2) is 9.97 Å². The number of anilines is 1. The third kappa shape index (κ3) is 4.01. The quantitative estimate of drug-likeness (QED) is 0.861. The molecular weight excluding hydrogens is 349 g/mol. The van der Waals surface area contributed by atoms with Crippen molar-refractivity contribution in [2.75, 3.05) is 25.5 Å². The van der Waals surface area contributed by atoms with Gasteiger partial charge in [0, 0.05) is 18.8 Å². The van der Waals surface area contributed by atoms with Crippen LogP contribution in [0.25, 0.3) is 11.4 Å². The van der Waals surface area contributed by atoms with Crippen LogP contribution in [0.4, 0.5) is 19.1 Å². The summed E-state index contributed by atoms with van der Waals surface area (Å²) in [7, 11) is 2.04. The van der Waals surface area contributed by atoms with Gasteiger partial charge in [0.05, 0.1) is 11.3 Å². The fraction of sp³-hybridized carbons (Fsp3) is 0.500. The maximum absolute atomic E-state index is 12.7. The molecule has 2 aromatic heterocycles. The summed E-state index contributed by atoms with van der Waals surface area (Å²) >= 11 is 0. The van der Waals surface area contributed by atoms with Gasteiger partial charge in [0.25, 0.3) is 0 Å². The molecule has 0 bridgehead atoms. The fourth-order valence-corrected chi connectivity index (χ4v) is 2.94. The smallest absolute Gasteiger partial charge is 0.418 e. The Labute approximate surface area is 148 Å². The van der Waals surface area contributed by atoms with E-state index in [1.165, 1.54) is 0 Å².